The number of aromatic nitrogens is 1. The van der Waals surface area contributed by atoms with Gasteiger partial charge in [0, 0.05) is 31.4 Å². The van der Waals surface area contributed by atoms with Crippen LogP contribution in [0.2, 0.25) is 0 Å². The number of urea groups is 1. The lowest BCUT2D eigenvalue weighted by Gasteiger charge is -2.26. The standard InChI is InChI=1S/C13H20N4O2S/c1-10-11(9-20-16-10)15-13(19)14-6-5-12(18)17-7-3-2-4-8-17/h9H,2-8H2,1H3,(H2,14,15,19). The van der Waals surface area contributed by atoms with Gasteiger partial charge in [-0.1, -0.05) is 0 Å². The van der Waals surface area contributed by atoms with Crippen LogP contribution in [0.3, 0.4) is 0 Å². The predicted octanol–water partition coefficient (Wildman–Crippen LogP) is 1.98. The number of hydrogen-bond donors (Lipinski definition) is 2. The smallest absolute Gasteiger partial charge is 0.319 e. The lowest BCUT2D eigenvalue weighted by molar-refractivity contribution is -0.131. The first-order valence-electron chi connectivity index (χ1n) is 6.90. The molecule has 1 aliphatic heterocycles. The summed E-state index contributed by atoms with van der Waals surface area (Å²) in [7, 11) is 0. The fourth-order valence-corrected chi connectivity index (χ4v) is 2.81. The molecule has 2 N–H and O–H groups in total. The van der Waals surface area contributed by atoms with Crippen LogP contribution >= 0.6 is 11.5 Å². The van der Waals surface area contributed by atoms with E-state index in [9.17, 15) is 9.59 Å². The summed E-state index contributed by atoms with van der Waals surface area (Å²) in [4.78, 5) is 25.4. The number of aryl methyl sites for hydroxylation is 1. The van der Waals surface area contributed by atoms with Gasteiger partial charge in [-0.2, -0.15) is 4.37 Å². The lowest BCUT2D eigenvalue weighted by atomic mass is 10.1. The topological polar surface area (TPSA) is 74.3 Å². The third-order valence-electron chi connectivity index (χ3n) is 3.33. The number of nitrogens with one attached hydrogen (secondary N) is 2. The van der Waals surface area contributed by atoms with Crippen molar-refractivity contribution in [2.45, 2.75) is 32.6 Å². The van der Waals surface area contributed by atoms with Crippen molar-refractivity contribution in [3.8, 4) is 0 Å². The summed E-state index contributed by atoms with van der Waals surface area (Å²) in [6.45, 7) is 3.90. The first-order chi connectivity index (χ1) is 9.66. The highest BCUT2D eigenvalue weighted by atomic mass is 32.1. The molecule has 2 heterocycles. The van der Waals surface area contributed by atoms with Crippen LogP contribution < -0.4 is 10.6 Å². The molecule has 2 rings (SSSR count). The third kappa shape index (κ3) is 4.19. The van der Waals surface area contributed by atoms with E-state index >= 15 is 0 Å². The van der Waals surface area contributed by atoms with Crippen molar-refractivity contribution in [1.29, 1.82) is 0 Å². The van der Waals surface area contributed by atoms with E-state index in [1.807, 2.05) is 11.8 Å². The molecule has 0 aliphatic carbocycles. The Morgan fingerprint density at radius 2 is 2.10 bits per heavy atom. The maximum Gasteiger partial charge on any atom is 0.319 e. The van der Waals surface area contributed by atoms with Gasteiger partial charge < -0.3 is 15.5 Å². The van der Waals surface area contributed by atoms with E-state index in [1.165, 1.54) is 18.0 Å². The highest BCUT2D eigenvalue weighted by Crippen LogP contribution is 2.14. The van der Waals surface area contributed by atoms with E-state index in [1.54, 1.807) is 5.38 Å². The number of carbonyl (C=O) groups is 2. The molecule has 1 saturated heterocycles. The number of amides is 3. The zero-order valence-electron chi connectivity index (χ0n) is 11.6. The Kier molecular flexibility index (Phi) is 5.34. The fourth-order valence-electron chi connectivity index (χ4n) is 2.16. The Labute approximate surface area is 122 Å². The molecule has 1 aromatic rings. The molecule has 110 valence electrons. The minimum Gasteiger partial charge on any atom is -0.343 e. The van der Waals surface area contributed by atoms with Crippen molar-refractivity contribution in [2.75, 3.05) is 25.0 Å². The Balaban J connectivity index is 1.66. The van der Waals surface area contributed by atoms with E-state index < -0.39 is 0 Å². The average Bonchev–Trinajstić information content (AvgIpc) is 2.85. The Bertz CT molecular complexity index is 469. The molecule has 20 heavy (non-hydrogen) atoms. The molecule has 0 unspecified atom stereocenters. The molecule has 0 bridgehead atoms. The largest absolute Gasteiger partial charge is 0.343 e. The van der Waals surface area contributed by atoms with Gasteiger partial charge in [0.25, 0.3) is 0 Å². The SMILES string of the molecule is Cc1nscc1NC(=O)NCCC(=O)N1CCCCC1. The Morgan fingerprint density at radius 3 is 2.75 bits per heavy atom. The van der Waals surface area contributed by atoms with E-state index in [-0.39, 0.29) is 11.9 Å². The molecule has 6 nitrogen and oxygen atoms in total. The fraction of sp³-hybridized carbons (Fsp3) is 0.615. The Morgan fingerprint density at radius 1 is 1.35 bits per heavy atom. The summed E-state index contributed by atoms with van der Waals surface area (Å²) in [6, 6.07) is -0.292. The number of anilines is 1. The second kappa shape index (κ2) is 7.23. The van der Waals surface area contributed by atoms with Crippen molar-refractivity contribution in [1.82, 2.24) is 14.6 Å². The molecule has 1 fully saturated rings. The molecule has 0 atom stereocenters. The Hall–Kier alpha value is -1.63. The summed E-state index contributed by atoms with van der Waals surface area (Å²) in [5, 5.41) is 7.20. The van der Waals surface area contributed by atoms with Crippen LogP contribution in [-0.2, 0) is 4.79 Å². The molecule has 1 aliphatic rings. The van der Waals surface area contributed by atoms with E-state index in [4.69, 9.17) is 0 Å². The second-order valence-corrected chi connectivity index (χ2v) is 5.52. The molecular formula is C13H20N4O2S. The van der Waals surface area contributed by atoms with Crippen molar-refractivity contribution < 1.29 is 9.59 Å². The van der Waals surface area contributed by atoms with E-state index in [2.05, 4.69) is 15.0 Å². The number of carbonyl (C=O) groups excluding carboxylic acids is 2. The van der Waals surface area contributed by atoms with Gasteiger partial charge in [0.2, 0.25) is 5.91 Å². The highest BCUT2D eigenvalue weighted by Gasteiger charge is 2.16. The third-order valence-corrected chi connectivity index (χ3v) is 4.05. The molecule has 0 aromatic carbocycles. The highest BCUT2D eigenvalue weighted by molar-refractivity contribution is 7.04. The second-order valence-electron chi connectivity index (χ2n) is 4.89. The summed E-state index contributed by atoms with van der Waals surface area (Å²) < 4.78 is 4.08. The number of piperidine rings is 1. The molecule has 7 heteroatoms. The average molecular weight is 296 g/mol. The minimum absolute atomic E-state index is 0.124. The van der Waals surface area contributed by atoms with Gasteiger partial charge in [-0.05, 0) is 37.7 Å². The predicted molar refractivity (Wildman–Crippen MR) is 78.9 cm³/mol. The van der Waals surface area contributed by atoms with Gasteiger partial charge in [0.1, 0.15) is 0 Å². The zero-order valence-corrected chi connectivity index (χ0v) is 12.5. The molecule has 3 amide bonds. The maximum absolute atomic E-state index is 11.9. The summed E-state index contributed by atoms with van der Waals surface area (Å²) in [5.41, 5.74) is 1.52. The molecule has 0 saturated carbocycles. The van der Waals surface area contributed by atoms with Crippen LogP contribution in [0.5, 0.6) is 0 Å². The van der Waals surface area contributed by atoms with Crippen molar-refractivity contribution in [3.63, 3.8) is 0 Å². The van der Waals surface area contributed by atoms with Gasteiger partial charge in [0.05, 0.1) is 11.4 Å². The first kappa shape index (κ1) is 14.8. The van der Waals surface area contributed by atoms with Gasteiger partial charge in [-0.25, -0.2) is 4.79 Å². The van der Waals surface area contributed by atoms with Crippen molar-refractivity contribution in [3.05, 3.63) is 11.1 Å². The normalized spacial score (nSPS) is 14.9. The lowest BCUT2D eigenvalue weighted by Crippen LogP contribution is -2.38. The van der Waals surface area contributed by atoms with Gasteiger partial charge in [0.15, 0.2) is 0 Å². The zero-order chi connectivity index (χ0) is 14.4. The van der Waals surface area contributed by atoms with E-state index in [0.29, 0.717) is 13.0 Å². The van der Waals surface area contributed by atoms with Crippen molar-refractivity contribution in [2.24, 2.45) is 0 Å². The summed E-state index contributed by atoms with van der Waals surface area (Å²) in [5.74, 6) is 0.124. The summed E-state index contributed by atoms with van der Waals surface area (Å²) in [6.07, 6.45) is 3.74. The van der Waals surface area contributed by atoms with Gasteiger partial charge >= 0.3 is 6.03 Å². The quantitative estimate of drug-likeness (QED) is 0.892. The number of hydrogen-bond acceptors (Lipinski definition) is 4. The summed E-state index contributed by atoms with van der Waals surface area (Å²) >= 11 is 1.30. The van der Waals surface area contributed by atoms with Crippen LogP contribution in [-0.4, -0.2) is 40.8 Å². The molecule has 0 radical (unpaired) electrons. The molecular weight excluding hydrogens is 276 g/mol. The van der Waals surface area contributed by atoms with Crippen LogP contribution in [0.15, 0.2) is 5.38 Å². The van der Waals surface area contributed by atoms with E-state index in [0.717, 1.165) is 37.3 Å². The van der Waals surface area contributed by atoms with Crippen LogP contribution in [0, 0.1) is 6.92 Å². The van der Waals surface area contributed by atoms with Crippen LogP contribution in [0.1, 0.15) is 31.4 Å². The van der Waals surface area contributed by atoms with Gasteiger partial charge in [-0.3, -0.25) is 4.79 Å². The molecule has 1 aromatic heterocycles. The minimum atomic E-state index is -0.292. The van der Waals surface area contributed by atoms with Gasteiger partial charge in [-0.15, -0.1) is 0 Å². The number of rotatable bonds is 4. The van der Waals surface area contributed by atoms with Crippen LogP contribution in [0.4, 0.5) is 10.5 Å². The number of nitrogens with zero attached hydrogens (tertiary/aromatic N) is 2. The number of likely N-dealkylation sites (tertiary alicyclic amines) is 1. The van der Waals surface area contributed by atoms with Crippen molar-refractivity contribution >= 4 is 29.2 Å². The maximum atomic E-state index is 11.9. The van der Waals surface area contributed by atoms with Crippen LogP contribution in [0.25, 0.3) is 0 Å². The first-order valence-corrected chi connectivity index (χ1v) is 7.74. The monoisotopic (exact) mass is 296 g/mol. The molecule has 0 spiro atoms.